The quantitative estimate of drug-likeness (QED) is 0.382. The van der Waals surface area contributed by atoms with E-state index in [9.17, 15) is 4.79 Å². The van der Waals surface area contributed by atoms with E-state index < -0.39 is 0 Å². The van der Waals surface area contributed by atoms with E-state index in [1.165, 1.54) is 0 Å². The number of nitrogens with zero attached hydrogens (tertiary/aromatic N) is 4. The number of anilines is 2. The fourth-order valence-electron chi connectivity index (χ4n) is 4.37. The normalized spacial score (nSPS) is 14.7. The summed E-state index contributed by atoms with van der Waals surface area (Å²) >= 11 is 0. The average molecular weight is 452 g/mol. The van der Waals surface area contributed by atoms with E-state index in [2.05, 4.69) is 54.2 Å². The third kappa shape index (κ3) is 3.88. The van der Waals surface area contributed by atoms with Crippen molar-refractivity contribution in [2.45, 2.75) is 0 Å². The van der Waals surface area contributed by atoms with Crippen LogP contribution in [0.25, 0.3) is 33.5 Å². The molecule has 170 valence electrons. The van der Waals surface area contributed by atoms with Crippen LogP contribution in [0.15, 0.2) is 66.7 Å². The number of imidazole rings is 2. The van der Waals surface area contributed by atoms with Crippen LogP contribution in [-0.4, -0.2) is 64.0 Å². The van der Waals surface area contributed by atoms with Crippen LogP contribution < -0.4 is 10.2 Å². The maximum atomic E-state index is 12.9. The minimum absolute atomic E-state index is 0.282. The molecule has 0 radical (unpaired) electrons. The van der Waals surface area contributed by atoms with Gasteiger partial charge in [-0.15, -0.1) is 0 Å². The van der Waals surface area contributed by atoms with Crippen molar-refractivity contribution in [1.29, 1.82) is 0 Å². The number of piperazine rings is 1. The number of carbonyl (C=O) groups excluding carboxylic acids is 1. The summed E-state index contributed by atoms with van der Waals surface area (Å²) in [6.45, 7) is 4.07. The van der Waals surface area contributed by atoms with Crippen LogP contribution >= 0.6 is 0 Å². The number of rotatable bonds is 4. The summed E-state index contributed by atoms with van der Waals surface area (Å²) in [5.41, 5.74) is 6.17. The second-order valence-corrected chi connectivity index (χ2v) is 8.71. The number of fused-ring (bicyclic) bond motifs is 2. The van der Waals surface area contributed by atoms with Gasteiger partial charge in [-0.2, -0.15) is 0 Å². The summed E-state index contributed by atoms with van der Waals surface area (Å²) in [5.74, 6) is 0.806. The number of aromatic amines is 2. The second-order valence-electron chi connectivity index (χ2n) is 8.71. The van der Waals surface area contributed by atoms with E-state index in [-0.39, 0.29) is 11.7 Å². The molecule has 1 fully saturated rings. The van der Waals surface area contributed by atoms with Crippen molar-refractivity contribution in [2.75, 3.05) is 43.4 Å². The van der Waals surface area contributed by atoms with Gasteiger partial charge in [0.1, 0.15) is 5.82 Å². The summed E-state index contributed by atoms with van der Waals surface area (Å²) in [5, 5.41) is 2.94. The number of amides is 1. The highest BCUT2D eigenvalue weighted by molar-refractivity contribution is 6.04. The van der Waals surface area contributed by atoms with E-state index in [1.807, 2.05) is 54.6 Å². The number of hydrogen-bond acceptors (Lipinski definition) is 5. The van der Waals surface area contributed by atoms with Gasteiger partial charge in [0.05, 0.1) is 22.1 Å². The molecule has 0 saturated carbocycles. The van der Waals surface area contributed by atoms with Crippen LogP contribution in [0.3, 0.4) is 0 Å². The highest BCUT2D eigenvalue weighted by Crippen LogP contribution is 2.24. The van der Waals surface area contributed by atoms with Crippen LogP contribution in [0.4, 0.5) is 11.4 Å². The van der Waals surface area contributed by atoms with Gasteiger partial charge in [-0.3, -0.25) is 4.79 Å². The first-order valence-corrected chi connectivity index (χ1v) is 11.4. The molecule has 2 aromatic heterocycles. The monoisotopic (exact) mass is 451 g/mol. The SMILES string of the molecule is CN1CCN(c2ccc3nc(C(=O)Nc4ccc5[nH]c(-c6ccccc6)nc5c4)[nH]c3c2)CC1. The lowest BCUT2D eigenvalue weighted by atomic mass is 10.2. The number of aromatic nitrogens is 4. The van der Waals surface area contributed by atoms with Crippen LogP contribution in [0.5, 0.6) is 0 Å². The standard InChI is InChI=1S/C26H25N7O/c1-32-11-13-33(14-12-32)19-8-10-21-23(16-19)31-25(29-21)26(34)27-18-7-9-20-22(15-18)30-24(28-20)17-5-3-2-4-6-17/h2-10,15-16H,11-14H2,1H3,(H,27,34)(H,28,30)(H,29,31). The van der Waals surface area contributed by atoms with Gasteiger partial charge in [0, 0.05) is 43.1 Å². The van der Waals surface area contributed by atoms with Crippen LogP contribution in [0, 0.1) is 0 Å². The molecule has 1 amide bonds. The summed E-state index contributed by atoms with van der Waals surface area (Å²) in [6, 6.07) is 21.7. The van der Waals surface area contributed by atoms with Gasteiger partial charge >= 0.3 is 0 Å². The van der Waals surface area contributed by atoms with Crippen LogP contribution in [0.1, 0.15) is 10.6 Å². The molecule has 6 rings (SSSR count). The maximum absolute atomic E-state index is 12.9. The van der Waals surface area contributed by atoms with Gasteiger partial charge in [0.15, 0.2) is 5.82 Å². The molecule has 5 aromatic rings. The highest BCUT2D eigenvalue weighted by Gasteiger charge is 2.17. The molecule has 1 saturated heterocycles. The Balaban J connectivity index is 1.21. The van der Waals surface area contributed by atoms with Crippen molar-refractivity contribution in [3.05, 3.63) is 72.6 Å². The number of H-pyrrole nitrogens is 2. The Bertz CT molecular complexity index is 1480. The van der Waals surface area contributed by atoms with Gasteiger partial charge in [0.25, 0.3) is 5.91 Å². The molecule has 3 N–H and O–H groups in total. The summed E-state index contributed by atoms with van der Waals surface area (Å²) in [7, 11) is 2.15. The Hall–Kier alpha value is -4.17. The molecule has 0 spiro atoms. The van der Waals surface area contributed by atoms with E-state index in [0.717, 1.165) is 65.3 Å². The molecule has 0 aliphatic carbocycles. The fraction of sp³-hybridized carbons (Fsp3) is 0.192. The first-order chi connectivity index (χ1) is 16.6. The molecule has 1 aliphatic rings. The number of nitrogens with one attached hydrogen (secondary N) is 3. The lowest BCUT2D eigenvalue weighted by Gasteiger charge is -2.34. The van der Waals surface area contributed by atoms with Crippen LogP contribution in [-0.2, 0) is 0 Å². The average Bonchev–Trinajstić information content (AvgIpc) is 3.49. The summed E-state index contributed by atoms with van der Waals surface area (Å²) < 4.78 is 0. The third-order valence-electron chi connectivity index (χ3n) is 6.34. The number of likely N-dealkylation sites (N-methyl/N-ethyl adjacent to an activating group) is 1. The predicted octanol–water partition coefficient (Wildman–Crippen LogP) is 4.11. The van der Waals surface area contributed by atoms with E-state index in [4.69, 9.17) is 0 Å². The molecule has 0 bridgehead atoms. The lowest BCUT2D eigenvalue weighted by Crippen LogP contribution is -2.44. The van der Waals surface area contributed by atoms with Crippen molar-refractivity contribution in [3.63, 3.8) is 0 Å². The Labute approximate surface area is 196 Å². The Morgan fingerprint density at radius 1 is 0.853 bits per heavy atom. The number of benzene rings is 3. The smallest absolute Gasteiger partial charge is 0.291 e. The molecule has 34 heavy (non-hydrogen) atoms. The minimum Gasteiger partial charge on any atom is -0.369 e. The van der Waals surface area contributed by atoms with Gasteiger partial charge in [-0.25, -0.2) is 9.97 Å². The summed E-state index contributed by atoms with van der Waals surface area (Å²) in [4.78, 5) is 33.3. The van der Waals surface area contributed by atoms with Gasteiger partial charge in [-0.1, -0.05) is 30.3 Å². The van der Waals surface area contributed by atoms with Crippen molar-refractivity contribution >= 4 is 39.3 Å². The van der Waals surface area contributed by atoms with Crippen molar-refractivity contribution < 1.29 is 4.79 Å². The molecule has 1 aliphatic heterocycles. The van der Waals surface area contributed by atoms with Gasteiger partial charge < -0.3 is 25.1 Å². The molecule has 0 atom stereocenters. The van der Waals surface area contributed by atoms with Crippen LogP contribution in [0.2, 0.25) is 0 Å². The van der Waals surface area contributed by atoms with Crippen molar-refractivity contribution in [2.24, 2.45) is 0 Å². The molecule has 0 unspecified atom stereocenters. The number of carbonyl (C=O) groups is 1. The van der Waals surface area contributed by atoms with E-state index in [1.54, 1.807) is 0 Å². The van der Waals surface area contributed by atoms with Crippen molar-refractivity contribution in [1.82, 2.24) is 24.8 Å². The lowest BCUT2D eigenvalue weighted by molar-refractivity contribution is 0.101. The van der Waals surface area contributed by atoms with Gasteiger partial charge in [0.2, 0.25) is 0 Å². The highest BCUT2D eigenvalue weighted by atomic mass is 16.2. The third-order valence-corrected chi connectivity index (χ3v) is 6.34. The zero-order valence-electron chi connectivity index (χ0n) is 18.9. The molecule has 3 aromatic carbocycles. The Morgan fingerprint density at radius 2 is 1.68 bits per heavy atom. The zero-order valence-corrected chi connectivity index (χ0v) is 18.9. The summed E-state index contributed by atoms with van der Waals surface area (Å²) in [6.07, 6.45) is 0. The molecular formula is C26H25N7O. The Morgan fingerprint density at radius 3 is 2.50 bits per heavy atom. The maximum Gasteiger partial charge on any atom is 0.291 e. The fourth-order valence-corrected chi connectivity index (χ4v) is 4.37. The molecule has 8 heteroatoms. The second kappa shape index (κ2) is 8.31. The number of hydrogen-bond donors (Lipinski definition) is 3. The van der Waals surface area contributed by atoms with E-state index >= 15 is 0 Å². The Kier molecular flexibility index (Phi) is 5.00. The molecule has 3 heterocycles. The predicted molar refractivity (Wildman–Crippen MR) is 135 cm³/mol. The molecular weight excluding hydrogens is 426 g/mol. The largest absolute Gasteiger partial charge is 0.369 e. The van der Waals surface area contributed by atoms with E-state index in [0.29, 0.717) is 5.69 Å². The topological polar surface area (TPSA) is 92.9 Å². The first kappa shape index (κ1) is 20.4. The van der Waals surface area contributed by atoms with Crippen molar-refractivity contribution in [3.8, 4) is 11.4 Å². The minimum atomic E-state index is -0.282. The first-order valence-electron chi connectivity index (χ1n) is 11.4. The zero-order chi connectivity index (χ0) is 23.1. The molecule has 8 nitrogen and oxygen atoms in total. The van der Waals surface area contributed by atoms with Gasteiger partial charge in [-0.05, 0) is 43.4 Å².